The van der Waals surface area contributed by atoms with Crippen molar-refractivity contribution in [2.24, 2.45) is 7.05 Å². The van der Waals surface area contributed by atoms with Gasteiger partial charge in [-0.25, -0.2) is 13.1 Å². The van der Waals surface area contributed by atoms with Gasteiger partial charge in [-0.2, -0.15) is 4.31 Å². The summed E-state index contributed by atoms with van der Waals surface area (Å²) in [6.45, 7) is 3.14. The summed E-state index contributed by atoms with van der Waals surface area (Å²) in [5.74, 6) is -0.419. The molecular weight excluding hydrogens is 410 g/mol. The van der Waals surface area contributed by atoms with Crippen molar-refractivity contribution < 1.29 is 17.9 Å². The fourth-order valence-corrected chi connectivity index (χ4v) is 4.78. The summed E-state index contributed by atoms with van der Waals surface area (Å²) < 4.78 is 35.3. The lowest BCUT2D eigenvalue weighted by atomic mass is 10.1. The number of tetrazole rings is 1. The van der Waals surface area contributed by atoms with Gasteiger partial charge in [0.05, 0.1) is 18.9 Å². The van der Waals surface area contributed by atoms with Crippen molar-refractivity contribution in [2.75, 3.05) is 31.6 Å². The molecule has 0 atom stereocenters. The molecule has 4 rings (SSSR count). The minimum absolute atomic E-state index is 0.0798. The van der Waals surface area contributed by atoms with E-state index in [1.807, 2.05) is 13.0 Å². The second kappa shape index (κ2) is 7.97. The highest BCUT2D eigenvalue weighted by Crippen LogP contribution is 2.24. The van der Waals surface area contributed by atoms with Crippen molar-refractivity contribution in [3.05, 3.63) is 48.0 Å². The molecule has 0 saturated carbocycles. The standard InChI is InChI=1S/C18H21N7O4S/c1-13-15(4-3-5-16(13)25-12-19-21-22-25)20-18(26)17-10-14(11-23(17)2)30(27,28)24-6-8-29-9-7-24/h3-5,10-12H,6-9H2,1-2H3,(H,20,26). The lowest BCUT2D eigenvalue weighted by Gasteiger charge is -2.25. The number of nitrogens with zero attached hydrogens (tertiary/aromatic N) is 6. The average molecular weight is 431 g/mol. The number of ether oxygens (including phenoxy) is 1. The number of hydrogen-bond donors (Lipinski definition) is 1. The topological polar surface area (TPSA) is 124 Å². The molecule has 0 radical (unpaired) electrons. The molecule has 0 aliphatic carbocycles. The largest absolute Gasteiger partial charge is 0.379 e. The van der Waals surface area contributed by atoms with Gasteiger partial charge >= 0.3 is 0 Å². The zero-order valence-corrected chi connectivity index (χ0v) is 17.3. The molecule has 1 fully saturated rings. The summed E-state index contributed by atoms with van der Waals surface area (Å²) in [5.41, 5.74) is 2.30. The van der Waals surface area contributed by atoms with Crippen LogP contribution in [0.2, 0.25) is 0 Å². The maximum atomic E-state index is 12.9. The molecule has 11 nitrogen and oxygen atoms in total. The Morgan fingerprint density at radius 3 is 2.70 bits per heavy atom. The summed E-state index contributed by atoms with van der Waals surface area (Å²) in [4.78, 5) is 13.0. The smallest absolute Gasteiger partial charge is 0.272 e. The highest BCUT2D eigenvalue weighted by Gasteiger charge is 2.29. The Kier molecular flexibility index (Phi) is 5.37. The third kappa shape index (κ3) is 3.72. The first kappa shape index (κ1) is 20.2. The molecule has 0 unspecified atom stereocenters. The van der Waals surface area contributed by atoms with E-state index in [0.29, 0.717) is 32.0 Å². The zero-order chi connectivity index (χ0) is 21.3. The Balaban J connectivity index is 1.59. The summed E-state index contributed by atoms with van der Waals surface area (Å²) in [6, 6.07) is 6.76. The number of aryl methyl sites for hydroxylation is 1. The summed E-state index contributed by atoms with van der Waals surface area (Å²) in [5, 5.41) is 14.0. The molecule has 1 N–H and O–H groups in total. The van der Waals surface area contributed by atoms with Crippen molar-refractivity contribution in [1.82, 2.24) is 29.1 Å². The number of hydrogen-bond acceptors (Lipinski definition) is 7. The Hall–Kier alpha value is -3.09. The van der Waals surface area contributed by atoms with Crippen LogP contribution in [0.1, 0.15) is 16.1 Å². The molecule has 12 heteroatoms. The predicted octanol–water partition coefficient (Wildman–Crippen LogP) is 0.582. The molecule has 3 heterocycles. The molecule has 2 aromatic heterocycles. The highest BCUT2D eigenvalue weighted by molar-refractivity contribution is 7.89. The first-order valence-electron chi connectivity index (χ1n) is 9.26. The van der Waals surface area contributed by atoms with Crippen LogP contribution in [0.5, 0.6) is 0 Å². The number of anilines is 1. The van der Waals surface area contributed by atoms with Crippen molar-refractivity contribution in [2.45, 2.75) is 11.8 Å². The third-order valence-corrected chi connectivity index (χ3v) is 6.83. The molecule has 1 amide bonds. The molecule has 0 bridgehead atoms. The molecule has 1 aliphatic heterocycles. The lowest BCUT2D eigenvalue weighted by molar-refractivity contribution is 0.0730. The SMILES string of the molecule is Cc1c(NC(=O)c2cc(S(=O)(=O)N3CCOCC3)cn2C)cccc1-n1cnnn1. The summed E-state index contributed by atoms with van der Waals surface area (Å²) in [7, 11) is -2.05. The molecule has 0 spiro atoms. The van der Waals surface area contributed by atoms with Gasteiger partial charge < -0.3 is 14.6 Å². The van der Waals surface area contributed by atoms with Gasteiger partial charge in [0, 0.05) is 32.0 Å². The van der Waals surface area contributed by atoms with Gasteiger partial charge in [0.2, 0.25) is 10.0 Å². The van der Waals surface area contributed by atoms with E-state index in [9.17, 15) is 13.2 Å². The quantitative estimate of drug-likeness (QED) is 0.627. The molecule has 1 aliphatic rings. The van der Waals surface area contributed by atoms with Gasteiger partial charge in [0.15, 0.2) is 0 Å². The van der Waals surface area contributed by atoms with Crippen LogP contribution in [0.4, 0.5) is 5.69 Å². The second-order valence-electron chi connectivity index (χ2n) is 6.85. The number of sulfonamides is 1. The monoisotopic (exact) mass is 431 g/mol. The maximum Gasteiger partial charge on any atom is 0.272 e. The number of morpholine rings is 1. The number of benzene rings is 1. The maximum absolute atomic E-state index is 12.9. The normalized spacial score (nSPS) is 15.3. The van der Waals surface area contributed by atoms with Gasteiger partial charge in [-0.05, 0) is 41.1 Å². The molecular formula is C18H21N7O4S. The van der Waals surface area contributed by atoms with E-state index in [1.165, 1.54) is 32.1 Å². The zero-order valence-electron chi connectivity index (χ0n) is 16.5. The highest BCUT2D eigenvalue weighted by atomic mass is 32.2. The second-order valence-corrected chi connectivity index (χ2v) is 8.78. The van der Waals surface area contributed by atoms with Crippen LogP contribution in [0.3, 0.4) is 0 Å². The van der Waals surface area contributed by atoms with E-state index in [-0.39, 0.29) is 10.6 Å². The number of nitrogens with one attached hydrogen (secondary N) is 1. The predicted molar refractivity (Wildman–Crippen MR) is 107 cm³/mol. The summed E-state index contributed by atoms with van der Waals surface area (Å²) >= 11 is 0. The average Bonchev–Trinajstić information content (AvgIpc) is 3.40. The van der Waals surface area contributed by atoms with E-state index >= 15 is 0 Å². The van der Waals surface area contributed by atoms with Crippen LogP contribution in [0, 0.1) is 6.92 Å². The van der Waals surface area contributed by atoms with E-state index < -0.39 is 15.9 Å². The van der Waals surface area contributed by atoms with Crippen molar-refractivity contribution >= 4 is 21.6 Å². The van der Waals surface area contributed by atoms with Gasteiger partial charge in [-0.15, -0.1) is 5.10 Å². The molecule has 30 heavy (non-hydrogen) atoms. The minimum atomic E-state index is -3.69. The van der Waals surface area contributed by atoms with E-state index in [4.69, 9.17) is 4.74 Å². The molecule has 1 aromatic carbocycles. The van der Waals surface area contributed by atoms with E-state index in [2.05, 4.69) is 20.8 Å². The Morgan fingerprint density at radius 1 is 1.23 bits per heavy atom. The van der Waals surface area contributed by atoms with Gasteiger partial charge in [-0.1, -0.05) is 6.07 Å². The number of aromatic nitrogens is 5. The Bertz CT molecular complexity index is 1170. The van der Waals surface area contributed by atoms with Crippen molar-refractivity contribution in [3.8, 4) is 5.69 Å². The van der Waals surface area contributed by atoms with E-state index in [0.717, 1.165) is 11.3 Å². The first-order valence-corrected chi connectivity index (χ1v) is 10.7. The lowest BCUT2D eigenvalue weighted by Crippen LogP contribution is -2.40. The third-order valence-electron chi connectivity index (χ3n) is 4.97. The summed E-state index contributed by atoms with van der Waals surface area (Å²) in [6.07, 6.45) is 2.91. The first-order chi connectivity index (χ1) is 14.4. The number of carbonyl (C=O) groups excluding carboxylic acids is 1. The molecule has 158 valence electrons. The molecule has 1 saturated heterocycles. The van der Waals surface area contributed by atoms with Crippen LogP contribution >= 0.6 is 0 Å². The van der Waals surface area contributed by atoms with Crippen LogP contribution in [0.25, 0.3) is 5.69 Å². The number of carbonyl (C=O) groups is 1. The van der Waals surface area contributed by atoms with Crippen LogP contribution in [0.15, 0.2) is 41.7 Å². The Morgan fingerprint density at radius 2 is 2.00 bits per heavy atom. The van der Waals surface area contributed by atoms with E-state index in [1.54, 1.807) is 19.2 Å². The van der Waals surface area contributed by atoms with Crippen molar-refractivity contribution in [3.63, 3.8) is 0 Å². The van der Waals surface area contributed by atoms with Gasteiger partial charge in [-0.3, -0.25) is 4.79 Å². The molecule has 3 aromatic rings. The fourth-order valence-electron chi connectivity index (χ4n) is 3.30. The Labute approximate surface area is 173 Å². The van der Waals surface area contributed by atoms with Gasteiger partial charge in [0.1, 0.15) is 16.9 Å². The van der Waals surface area contributed by atoms with Crippen LogP contribution in [-0.2, 0) is 21.8 Å². The van der Waals surface area contributed by atoms with Gasteiger partial charge in [0.25, 0.3) is 5.91 Å². The fraction of sp³-hybridized carbons (Fsp3) is 0.333. The number of rotatable bonds is 5. The minimum Gasteiger partial charge on any atom is -0.379 e. The van der Waals surface area contributed by atoms with Crippen LogP contribution < -0.4 is 5.32 Å². The number of amides is 1. The van der Waals surface area contributed by atoms with Crippen LogP contribution in [-0.4, -0.2) is 69.7 Å². The van der Waals surface area contributed by atoms with Crippen molar-refractivity contribution in [1.29, 1.82) is 0 Å².